The van der Waals surface area contributed by atoms with E-state index in [2.05, 4.69) is 13.5 Å². The maximum Gasteiger partial charge on any atom is 0.110 e. The van der Waals surface area contributed by atoms with Gasteiger partial charge in [0, 0.05) is 0 Å². The van der Waals surface area contributed by atoms with E-state index in [1.165, 1.54) is 18.2 Å². The van der Waals surface area contributed by atoms with Crippen molar-refractivity contribution in [2.75, 3.05) is 5.75 Å². The maximum absolute atomic E-state index is 10.7. The Morgan fingerprint density at radius 2 is 2.22 bits per heavy atom. The number of rotatable bonds is 5. The van der Waals surface area contributed by atoms with E-state index in [1.807, 2.05) is 0 Å². The summed E-state index contributed by atoms with van der Waals surface area (Å²) in [5.41, 5.74) is 0. The first-order chi connectivity index (χ1) is 4.31. The van der Waals surface area contributed by atoms with Gasteiger partial charge in [-0.3, -0.25) is 0 Å². The third-order valence-corrected chi connectivity index (χ3v) is 2.20. The van der Waals surface area contributed by atoms with Crippen LogP contribution in [-0.4, -0.2) is 10.3 Å². The van der Waals surface area contributed by atoms with Crippen molar-refractivity contribution in [2.45, 2.75) is 26.2 Å². The summed E-state index contributed by atoms with van der Waals surface area (Å²) >= 11 is -0.765. The van der Waals surface area contributed by atoms with Crippen molar-refractivity contribution in [3.8, 4) is 0 Å². The van der Waals surface area contributed by atoms with Gasteiger partial charge in [0.2, 0.25) is 0 Å². The second kappa shape index (κ2) is 6.17. The Hall–Kier alpha value is 0.0500. The molecule has 1 atom stereocenters. The molecule has 0 aliphatic carbocycles. The summed E-state index contributed by atoms with van der Waals surface area (Å²) in [5.74, 6) is 0.789. The Morgan fingerprint density at radius 3 is 2.67 bits per heavy atom. The molecule has 0 fully saturated rings. The maximum atomic E-state index is 10.7. The molecule has 0 heterocycles. The third kappa shape index (κ3) is 5.93. The zero-order chi connectivity index (χ0) is 7.11. The standard InChI is InChI=1S/C7H14OS/c1-3-5-6-7-9(8)4-2/h4H,2-3,5-7H2,1H3. The van der Waals surface area contributed by atoms with Crippen LogP contribution in [0.25, 0.3) is 0 Å². The molecule has 54 valence electrons. The summed E-state index contributed by atoms with van der Waals surface area (Å²) in [6, 6.07) is 0. The molecule has 0 aromatic rings. The topological polar surface area (TPSA) is 23.1 Å². The summed E-state index contributed by atoms with van der Waals surface area (Å²) in [7, 11) is 0. The molecule has 1 nitrogen and oxygen atoms in total. The Bertz CT molecular complexity index is 73.3. The zero-order valence-electron chi connectivity index (χ0n) is 5.93. The number of hydrogen-bond acceptors (Lipinski definition) is 1. The van der Waals surface area contributed by atoms with Gasteiger partial charge in [-0.25, -0.2) is 0 Å². The van der Waals surface area contributed by atoms with E-state index in [0.29, 0.717) is 0 Å². The fourth-order valence-corrected chi connectivity index (χ4v) is 1.23. The van der Waals surface area contributed by atoms with E-state index >= 15 is 0 Å². The van der Waals surface area contributed by atoms with Crippen LogP contribution in [-0.2, 0) is 11.2 Å². The second-order valence-electron chi connectivity index (χ2n) is 1.96. The van der Waals surface area contributed by atoms with Gasteiger partial charge in [0.15, 0.2) is 0 Å². The van der Waals surface area contributed by atoms with Gasteiger partial charge in [0.1, 0.15) is 11.2 Å². The van der Waals surface area contributed by atoms with Crippen LogP contribution in [0.15, 0.2) is 12.0 Å². The molecule has 0 radical (unpaired) electrons. The third-order valence-electron chi connectivity index (χ3n) is 1.13. The molecule has 0 aromatic heterocycles. The number of unbranched alkanes of at least 4 members (excludes halogenated alkanes) is 2. The van der Waals surface area contributed by atoms with Crippen molar-refractivity contribution in [3.63, 3.8) is 0 Å². The van der Waals surface area contributed by atoms with Crippen molar-refractivity contribution in [1.29, 1.82) is 0 Å². The molecule has 0 aliphatic rings. The largest absolute Gasteiger partial charge is 0.612 e. The Kier molecular flexibility index (Phi) is 6.21. The lowest BCUT2D eigenvalue weighted by Gasteiger charge is -2.02. The lowest BCUT2D eigenvalue weighted by Crippen LogP contribution is -2.00. The minimum Gasteiger partial charge on any atom is -0.612 e. The van der Waals surface area contributed by atoms with Crippen LogP contribution >= 0.6 is 0 Å². The summed E-state index contributed by atoms with van der Waals surface area (Å²) in [4.78, 5) is 0. The van der Waals surface area contributed by atoms with Gasteiger partial charge in [0.05, 0.1) is 0 Å². The van der Waals surface area contributed by atoms with Gasteiger partial charge >= 0.3 is 0 Å². The minimum absolute atomic E-state index is 0.765. The summed E-state index contributed by atoms with van der Waals surface area (Å²) in [5, 5.41) is 1.51. The van der Waals surface area contributed by atoms with Crippen molar-refractivity contribution in [2.24, 2.45) is 0 Å². The van der Waals surface area contributed by atoms with E-state index in [-0.39, 0.29) is 0 Å². The molecule has 9 heavy (non-hydrogen) atoms. The molecular formula is C7H14OS. The monoisotopic (exact) mass is 146 g/mol. The molecule has 0 saturated carbocycles. The van der Waals surface area contributed by atoms with E-state index in [1.54, 1.807) is 0 Å². The Labute approximate surface area is 60.3 Å². The smallest absolute Gasteiger partial charge is 0.110 e. The quantitative estimate of drug-likeness (QED) is 0.430. The molecule has 0 aromatic carbocycles. The summed E-state index contributed by atoms with van der Waals surface area (Å²) < 4.78 is 10.7. The molecule has 0 rings (SSSR count). The molecule has 0 aliphatic heterocycles. The highest BCUT2D eigenvalue weighted by molar-refractivity contribution is 7.94. The first kappa shape index (κ1) is 9.05. The van der Waals surface area contributed by atoms with Crippen molar-refractivity contribution < 1.29 is 4.55 Å². The number of hydrogen-bond donors (Lipinski definition) is 0. The van der Waals surface area contributed by atoms with E-state index < -0.39 is 11.2 Å². The Morgan fingerprint density at radius 1 is 1.56 bits per heavy atom. The van der Waals surface area contributed by atoms with Crippen LogP contribution < -0.4 is 0 Å². The van der Waals surface area contributed by atoms with Crippen molar-refractivity contribution in [1.82, 2.24) is 0 Å². The predicted molar refractivity (Wildman–Crippen MR) is 42.7 cm³/mol. The van der Waals surface area contributed by atoms with Gasteiger partial charge in [-0.1, -0.05) is 19.9 Å². The average Bonchev–Trinajstić information content (AvgIpc) is 1.89. The first-order valence-corrected chi connectivity index (χ1v) is 4.69. The fraction of sp³-hybridized carbons (Fsp3) is 0.714. The molecule has 0 saturated heterocycles. The Balaban J connectivity index is 2.96. The normalized spacial score (nSPS) is 13.1. The highest BCUT2D eigenvalue weighted by Crippen LogP contribution is 1.99. The zero-order valence-corrected chi connectivity index (χ0v) is 6.75. The molecule has 2 heteroatoms. The van der Waals surface area contributed by atoms with E-state index in [0.717, 1.165) is 12.2 Å². The molecule has 0 N–H and O–H groups in total. The van der Waals surface area contributed by atoms with Crippen molar-refractivity contribution in [3.05, 3.63) is 12.0 Å². The summed E-state index contributed by atoms with van der Waals surface area (Å²) in [6.07, 6.45) is 3.43. The van der Waals surface area contributed by atoms with Crippen molar-refractivity contribution >= 4 is 11.2 Å². The van der Waals surface area contributed by atoms with Crippen LogP contribution in [0.2, 0.25) is 0 Å². The van der Waals surface area contributed by atoms with Crippen LogP contribution in [0.3, 0.4) is 0 Å². The van der Waals surface area contributed by atoms with Gasteiger partial charge < -0.3 is 4.55 Å². The van der Waals surface area contributed by atoms with Crippen LogP contribution in [0.4, 0.5) is 0 Å². The second-order valence-corrected chi connectivity index (χ2v) is 3.46. The molecular weight excluding hydrogens is 132 g/mol. The van der Waals surface area contributed by atoms with E-state index in [9.17, 15) is 4.55 Å². The van der Waals surface area contributed by atoms with E-state index in [4.69, 9.17) is 0 Å². The fourth-order valence-electron chi connectivity index (χ4n) is 0.578. The van der Waals surface area contributed by atoms with Crippen LogP contribution in [0.5, 0.6) is 0 Å². The van der Waals surface area contributed by atoms with Gasteiger partial charge in [-0.05, 0) is 24.0 Å². The highest BCUT2D eigenvalue weighted by atomic mass is 32.2. The van der Waals surface area contributed by atoms with Crippen LogP contribution in [0.1, 0.15) is 26.2 Å². The SMILES string of the molecule is C=C[S+]([O-])CCCCC. The highest BCUT2D eigenvalue weighted by Gasteiger charge is 1.96. The predicted octanol–water partition coefficient (Wildman–Crippen LogP) is 2.07. The summed E-state index contributed by atoms with van der Waals surface area (Å²) in [6.45, 7) is 5.57. The van der Waals surface area contributed by atoms with Gasteiger partial charge in [0.25, 0.3) is 0 Å². The van der Waals surface area contributed by atoms with Crippen LogP contribution in [0, 0.1) is 0 Å². The van der Waals surface area contributed by atoms with Gasteiger partial charge in [-0.2, -0.15) is 0 Å². The average molecular weight is 146 g/mol. The lowest BCUT2D eigenvalue weighted by atomic mass is 10.3. The molecule has 1 unspecified atom stereocenters. The lowest BCUT2D eigenvalue weighted by molar-refractivity contribution is 0.598. The molecule has 0 bridgehead atoms. The minimum atomic E-state index is -0.765. The molecule has 0 spiro atoms. The van der Waals surface area contributed by atoms with Gasteiger partial charge in [-0.15, -0.1) is 0 Å². The first-order valence-electron chi connectivity index (χ1n) is 3.31. The molecule has 0 amide bonds.